The van der Waals surface area contributed by atoms with Gasteiger partial charge < -0.3 is 20.3 Å². The molecule has 0 bridgehead atoms. The van der Waals surface area contributed by atoms with Gasteiger partial charge in [0.15, 0.2) is 0 Å². The maximum atomic E-state index is 12.1. The second kappa shape index (κ2) is 9.78. The van der Waals surface area contributed by atoms with Gasteiger partial charge in [-0.25, -0.2) is 0 Å². The van der Waals surface area contributed by atoms with E-state index in [9.17, 15) is 9.59 Å². The summed E-state index contributed by atoms with van der Waals surface area (Å²) in [7, 11) is 1.60. The van der Waals surface area contributed by atoms with E-state index in [2.05, 4.69) is 15.5 Å². The lowest BCUT2D eigenvalue weighted by molar-refractivity contribution is -0.117. The Morgan fingerprint density at radius 3 is 1.86 bits per heavy atom. The molecule has 1 heterocycles. The first kappa shape index (κ1) is 19.7. The van der Waals surface area contributed by atoms with E-state index < -0.39 is 0 Å². The van der Waals surface area contributed by atoms with E-state index in [1.807, 2.05) is 24.3 Å². The quantitative estimate of drug-likeness (QED) is 0.724. The molecule has 28 heavy (non-hydrogen) atoms. The van der Waals surface area contributed by atoms with Gasteiger partial charge in [-0.3, -0.25) is 9.59 Å². The lowest BCUT2D eigenvalue weighted by atomic mass is 10.2. The minimum atomic E-state index is -0.104. The van der Waals surface area contributed by atoms with Crippen molar-refractivity contribution in [2.24, 2.45) is 0 Å². The standard InChI is InChI=1S/C22H27N3O3/c1-28-20-13-9-18(10-14-20)24-22(27)6-4-5-21(26)23-17-7-11-19(12-8-17)25-15-2-3-16-25/h7-14H,2-6,15-16H2,1H3,(H,23,26)(H,24,27). The van der Waals surface area contributed by atoms with E-state index in [0.717, 1.165) is 24.5 Å². The summed E-state index contributed by atoms with van der Waals surface area (Å²) in [6, 6.07) is 15.1. The zero-order valence-electron chi connectivity index (χ0n) is 16.2. The van der Waals surface area contributed by atoms with Crippen LogP contribution in [0.1, 0.15) is 32.1 Å². The van der Waals surface area contributed by atoms with Gasteiger partial charge in [-0.05, 0) is 67.8 Å². The monoisotopic (exact) mass is 381 g/mol. The fourth-order valence-electron chi connectivity index (χ4n) is 3.26. The maximum absolute atomic E-state index is 12.1. The number of nitrogens with one attached hydrogen (secondary N) is 2. The molecule has 0 saturated carbocycles. The zero-order valence-corrected chi connectivity index (χ0v) is 16.2. The lowest BCUT2D eigenvalue weighted by Crippen LogP contribution is -2.17. The van der Waals surface area contributed by atoms with Crippen molar-refractivity contribution in [2.45, 2.75) is 32.1 Å². The molecule has 148 valence electrons. The zero-order chi connectivity index (χ0) is 19.8. The predicted molar refractivity (Wildman–Crippen MR) is 112 cm³/mol. The van der Waals surface area contributed by atoms with Crippen LogP contribution in [0.5, 0.6) is 5.75 Å². The van der Waals surface area contributed by atoms with E-state index in [4.69, 9.17) is 4.74 Å². The third-order valence-corrected chi connectivity index (χ3v) is 4.80. The van der Waals surface area contributed by atoms with Crippen LogP contribution in [0.2, 0.25) is 0 Å². The Morgan fingerprint density at radius 2 is 1.36 bits per heavy atom. The first-order valence-electron chi connectivity index (χ1n) is 9.73. The van der Waals surface area contributed by atoms with E-state index in [1.54, 1.807) is 31.4 Å². The minimum absolute atomic E-state index is 0.0776. The molecule has 0 aliphatic carbocycles. The number of rotatable bonds is 8. The Kier molecular flexibility index (Phi) is 6.89. The maximum Gasteiger partial charge on any atom is 0.224 e. The average molecular weight is 381 g/mol. The summed E-state index contributed by atoms with van der Waals surface area (Å²) < 4.78 is 5.09. The number of nitrogens with zero attached hydrogens (tertiary/aromatic N) is 1. The number of anilines is 3. The summed E-state index contributed by atoms with van der Waals surface area (Å²) >= 11 is 0. The summed E-state index contributed by atoms with van der Waals surface area (Å²) in [5, 5.41) is 5.71. The number of hydrogen-bond donors (Lipinski definition) is 2. The largest absolute Gasteiger partial charge is 0.497 e. The Balaban J connectivity index is 1.37. The molecule has 1 saturated heterocycles. The average Bonchev–Trinajstić information content (AvgIpc) is 3.24. The summed E-state index contributed by atoms with van der Waals surface area (Å²) in [6.07, 6.45) is 3.59. The van der Waals surface area contributed by atoms with Crippen LogP contribution in [-0.4, -0.2) is 32.0 Å². The lowest BCUT2D eigenvalue weighted by Gasteiger charge is -2.17. The van der Waals surface area contributed by atoms with Gasteiger partial charge in [-0.2, -0.15) is 0 Å². The van der Waals surface area contributed by atoms with Gasteiger partial charge in [0.1, 0.15) is 5.75 Å². The third kappa shape index (κ3) is 5.74. The second-order valence-corrected chi connectivity index (χ2v) is 6.92. The van der Waals surface area contributed by atoms with Crippen LogP contribution in [-0.2, 0) is 9.59 Å². The smallest absolute Gasteiger partial charge is 0.224 e. The molecule has 6 heteroatoms. The van der Waals surface area contributed by atoms with E-state index in [0.29, 0.717) is 24.9 Å². The molecular formula is C22H27N3O3. The Morgan fingerprint density at radius 1 is 0.857 bits per heavy atom. The molecule has 3 rings (SSSR count). The van der Waals surface area contributed by atoms with Crippen molar-refractivity contribution < 1.29 is 14.3 Å². The van der Waals surface area contributed by atoms with Crippen molar-refractivity contribution in [3.05, 3.63) is 48.5 Å². The molecular weight excluding hydrogens is 354 g/mol. The first-order chi connectivity index (χ1) is 13.6. The van der Waals surface area contributed by atoms with E-state index in [1.165, 1.54) is 18.5 Å². The predicted octanol–water partition coefficient (Wildman–Crippen LogP) is 4.04. The normalized spacial score (nSPS) is 13.2. The Hall–Kier alpha value is -3.02. The molecule has 2 aromatic rings. The van der Waals surface area contributed by atoms with Crippen molar-refractivity contribution in [2.75, 3.05) is 35.7 Å². The van der Waals surface area contributed by atoms with Gasteiger partial charge >= 0.3 is 0 Å². The van der Waals surface area contributed by atoms with E-state index >= 15 is 0 Å². The molecule has 0 spiro atoms. The fraction of sp³-hybridized carbons (Fsp3) is 0.364. The molecule has 0 unspecified atom stereocenters. The number of hydrogen-bond acceptors (Lipinski definition) is 4. The van der Waals surface area contributed by atoms with Gasteiger partial charge in [-0.15, -0.1) is 0 Å². The van der Waals surface area contributed by atoms with Crippen LogP contribution in [0.3, 0.4) is 0 Å². The highest BCUT2D eigenvalue weighted by atomic mass is 16.5. The molecule has 0 aromatic heterocycles. The molecule has 1 fully saturated rings. The SMILES string of the molecule is COc1ccc(NC(=O)CCCC(=O)Nc2ccc(N3CCCC3)cc2)cc1. The van der Waals surface area contributed by atoms with Gasteiger partial charge in [0.05, 0.1) is 7.11 Å². The Bertz CT molecular complexity index is 782. The highest BCUT2D eigenvalue weighted by Gasteiger charge is 2.12. The van der Waals surface area contributed by atoms with Crippen molar-refractivity contribution in [1.82, 2.24) is 0 Å². The van der Waals surface area contributed by atoms with Crippen LogP contribution in [0.25, 0.3) is 0 Å². The van der Waals surface area contributed by atoms with E-state index in [-0.39, 0.29) is 11.8 Å². The minimum Gasteiger partial charge on any atom is -0.497 e. The van der Waals surface area contributed by atoms with Gasteiger partial charge in [0.25, 0.3) is 0 Å². The summed E-state index contributed by atoms with van der Waals surface area (Å²) in [5.41, 5.74) is 2.70. The molecule has 0 radical (unpaired) electrons. The van der Waals surface area contributed by atoms with Crippen LogP contribution >= 0.6 is 0 Å². The third-order valence-electron chi connectivity index (χ3n) is 4.80. The molecule has 2 aromatic carbocycles. The topological polar surface area (TPSA) is 70.7 Å². The fourth-order valence-corrected chi connectivity index (χ4v) is 3.26. The molecule has 1 aliphatic heterocycles. The summed E-state index contributed by atoms with van der Waals surface area (Å²) in [5.74, 6) is 0.558. The number of benzene rings is 2. The molecule has 1 aliphatic rings. The van der Waals surface area contributed by atoms with Crippen LogP contribution in [0, 0.1) is 0 Å². The Labute approximate surface area is 165 Å². The molecule has 0 atom stereocenters. The molecule has 2 amide bonds. The van der Waals surface area contributed by atoms with Gasteiger partial charge in [0.2, 0.25) is 11.8 Å². The van der Waals surface area contributed by atoms with Crippen LogP contribution < -0.4 is 20.3 Å². The molecule has 6 nitrogen and oxygen atoms in total. The number of ether oxygens (including phenoxy) is 1. The van der Waals surface area contributed by atoms with Crippen LogP contribution in [0.4, 0.5) is 17.1 Å². The van der Waals surface area contributed by atoms with Crippen molar-refractivity contribution >= 4 is 28.9 Å². The van der Waals surface area contributed by atoms with Gasteiger partial charge in [0, 0.05) is 43.0 Å². The number of amides is 2. The first-order valence-corrected chi connectivity index (χ1v) is 9.73. The second-order valence-electron chi connectivity index (χ2n) is 6.92. The summed E-state index contributed by atoms with van der Waals surface area (Å²) in [6.45, 7) is 2.20. The number of methoxy groups -OCH3 is 1. The van der Waals surface area contributed by atoms with Crippen LogP contribution in [0.15, 0.2) is 48.5 Å². The van der Waals surface area contributed by atoms with Crippen molar-refractivity contribution in [3.8, 4) is 5.75 Å². The van der Waals surface area contributed by atoms with Gasteiger partial charge in [-0.1, -0.05) is 0 Å². The number of carbonyl (C=O) groups is 2. The highest BCUT2D eigenvalue weighted by Crippen LogP contribution is 2.22. The van der Waals surface area contributed by atoms with Crippen molar-refractivity contribution in [1.29, 1.82) is 0 Å². The molecule has 2 N–H and O–H groups in total. The van der Waals surface area contributed by atoms with Crippen molar-refractivity contribution in [3.63, 3.8) is 0 Å². The highest BCUT2D eigenvalue weighted by molar-refractivity contribution is 5.93. The number of carbonyl (C=O) groups excluding carboxylic acids is 2. The summed E-state index contributed by atoms with van der Waals surface area (Å²) in [4.78, 5) is 26.4.